The number of rotatable bonds is 9. The van der Waals surface area contributed by atoms with Gasteiger partial charge in [-0.05, 0) is 32.2 Å². The molecule has 1 amide bonds. The van der Waals surface area contributed by atoms with Crippen molar-refractivity contribution in [3.63, 3.8) is 0 Å². The molecule has 20 heavy (non-hydrogen) atoms. The summed E-state index contributed by atoms with van der Waals surface area (Å²) in [6.45, 7) is 6.65. The molecule has 112 valence electrons. The summed E-state index contributed by atoms with van der Waals surface area (Å²) in [6, 6.07) is 0. The van der Waals surface area contributed by atoms with Crippen LogP contribution in [0.2, 0.25) is 0 Å². The van der Waals surface area contributed by atoms with Gasteiger partial charge in [0.15, 0.2) is 0 Å². The summed E-state index contributed by atoms with van der Waals surface area (Å²) in [4.78, 5) is 13.8. The van der Waals surface area contributed by atoms with Crippen LogP contribution in [0.1, 0.15) is 57.2 Å². The molecule has 1 aromatic heterocycles. The van der Waals surface area contributed by atoms with Crippen molar-refractivity contribution in [2.24, 2.45) is 0 Å². The van der Waals surface area contributed by atoms with Gasteiger partial charge in [0.1, 0.15) is 0 Å². The number of nitrogens with one attached hydrogen (secondary N) is 1. The molecule has 0 radical (unpaired) electrons. The molecule has 0 aromatic carbocycles. The van der Waals surface area contributed by atoms with E-state index in [4.69, 9.17) is 4.42 Å². The number of hydrogen-bond acceptors (Lipinski definition) is 5. The molecule has 1 aliphatic carbocycles. The van der Waals surface area contributed by atoms with E-state index in [0.717, 1.165) is 44.7 Å². The summed E-state index contributed by atoms with van der Waals surface area (Å²) in [5, 5.41) is 11.0. The molecular weight excluding hydrogens is 256 g/mol. The van der Waals surface area contributed by atoms with Crippen LogP contribution < -0.4 is 5.32 Å². The quantitative estimate of drug-likeness (QED) is 0.745. The first kappa shape index (κ1) is 15.0. The molecule has 0 aliphatic heterocycles. The lowest BCUT2D eigenvalue weighted by atomic mass is 10.3. The molecule has 2 rings (SSSR count). The van der Waals surface area contributed by atoms with Crippen molar-refractivity contribution in [3.05, 3.63) is 11.8 Å². The summed E-state index contributed by atoms with van der Waals surface area (Å²) in [5.41, 5.74) is 0. The van der Waals surface area contributed by atoms with E-state index in [1.165, 1.54) is 0 Å². The Morgan fingerprint density at radius 3 is 2.80 bits per heavy atom. The molecule has 1 saturated carbocycles. The van der Waals surface area contributed by atoms with E-state index in [9.17, 15) is 4.79 Å². The van der Waals surface area contributed by atoms with Crippen LogP contribution in [0.25, 0.3) is 0 Å². The van der Waals surface area contributed by atoms with E-state index in [2.05, 4.69) is 27.3 Å². The van der Waals surface area contributed by atoms with Gasteiger partial charge in [-0.1, -0.05) is 13.8 Å². The minimum atomic E-state index is 0.0576. The molecule has 0 unspecified atom stereocenters. The Balaban J connectivity index is 1.84. The smallest absolute Gasteiger partial charge is 0.234 e. The molecule has 0 saturated heterocycles. The van der Waals surface area contributed by atoms with Crippen LogP contribution in [0.15, 0.2) is 4.42 Å². The van der Waals surface area contributed by atoms with Crippen molar-refractivity contribution >= 4 is 5.91 Å². The monoisotopic (exact) mass is 280 g/mol. The molecule has 1 fully saturated rings. The minimum Gasteiger partial charge on any atom is -0.424 e. The predicted molar refractivity (Wildman–Crippen MR) is 75.1 cm³/mol. The van der Waals surface area contributed by atoms with Gasteiger partial charge in [0, 0.05) is 12.5 Å². The van der Waals surface area contributed by atoms with Gasteiger partial charge in [-0.15, -0.1) is 10.2 Å². The zero-order valence-corrected chi connectivity index (χ0v) is 12.4. The summed E-state index contributed by atoms with van der Waals surface area (Å²) in [7, 11) is 0. The van der Waals surface area contributed by atoms with Crippen molar-refractivity contribution in [2.45, 2.75) is 52.0 Å². The highest BCUT2D eigenvalue weighted by atomic mass is 16.4. The van der Waals surface area contributed by atoms with E-state index < -0.39 is 0 Å². The maximum Gasteiger partial charge on any atom is 0.234 e. The largest absolute Gasteiger partial charge is 0.424 e. The molecule has 1 N–H and O–H groups in total. The van der Waals surface area contributed by atoms with E-state index >= 15 is 0 Å². The van der Waals surface area contributed by atoms with Crippen LogP contribution in [0.3, 0.4) is 0 Å². The normalized spacial score (nSPS) is 14.8. The minimum absolute atomic E-state index is 0.0576. The fourth-order valence-corrected chi connectivity index (χ4v) is 2.07. The average molecular weight is 280 g/mol. The summed E-state index contributed by atoms with van der Waals surface area (Å²) >= 11 is 0. The van der Waals surface area contributed by atoms with Crippen LogP contribution in [-0.2, 0) is 11.3 Å². The number of nitrogens with zero attached hydrogens (tertiary/aromatic N) is 3. The maximum absolute atomic E-state index is 11.8. The van der Waals surface area contributed by atoms with Crippen LogP contribution in [0.4, 0.5) is 0 Å². The van der Waals surface area contributed by atoms with Crippen molar-refractivity contribution in [2.75, 3.05) is 19.6 Å². The Kier molecular flexibility index (Phi) is 5.52. The highest BCUT2D eigenvalue weighted by Gasteiger charge is 2.29. The van der Waals surface area contributed by atoms with Crippen LogP contribution in [-0.4, -0.2) is 40.6 Å². The zero-order valence-electron chi connectivity index (χ0n) is 12.4. The Labute approximate surface area is 119 Å². The van der Waals surface area contributed by atoms with Crippen molar-refractivity contribution < 1.29 is 9.21 Å². The highest BCUT2D eigenvalue weighted by molar-refractivity contribution is 5.77. The van der Waals surface area contributed by atoms with Gasteiger partial charge in [0.2, 0.25) is 17.7 Å². The molecule has 1 aromatic rings. The summed E-state index contributed by atoms with van der Waals surface area (Å²) in [6.07, 6.45) is 4.25. The molecular formula is C14H24N4O2. The number of amides is 1. The lowest BCUT2D eigenvalue weighted by molar-refractivity contribution is -0.122. The topological polar surface area (TPSA) is 71.3 Å². The number of carbonyl (C=O) groups excluding carboxylic acids is 1. The number of aromatic nitrogens is 2. The SMILES string of the molecule is CCCNC(=O)CN(CCC)Cc1nnc(C2CC2)o1. The van der Waals surface area contributed by atoms with Crippen LogP contribution >= 0.6 is 0 Å². The van der Waals surface area contributed by atoms with Crippen LogP contribution in [0.5, 0.6) is 0 Å². The first-order chi connectivity index (χ1) is 9.72. The van der Waals surface area contributed by atoms with Crippen molar-refractivity contribution in [3.8, 4) is 0 Å². The Hall–Kier alpha value is -1.43. The molecule has 1 heterocycles. The van der Waals surface area contributed by atoms with Gasteiger partial charge in [-0.3, -0.25) is 9.69 Å². The van der Waals surface area contributed by atoms with E-state index in [0.29, 0.717) is 24.9 Å². The average Bonchev–Trinajstić information content (AvgIpc) is 3.17. The van der Waals surface area contributed by atoms with Crippen LogP contribution in [0, 0.1) is 0 Å². The second kappa shape index (κ2) is 7.38. The van der Waals surface area contributed by atoms with Gasteiger partial charge in [0.05, 0.1) is 13.1 Å². The fourth-order valence-electron chi connectivity index (χ4n) is 2.07. The molecule has 6 nitrogen and oxygen atoms in total. The van der Waals surface area contributed by atoms with E-state index in [-0.39, 0.29) is 5.91 Å². The second-order valence-electron chi connectivity index (χ2n) is 5.37. The van der Waals surface area contributed by atoms with Crippen molar-refractivity contribution in [1.29, 1.82) is 0 Å². The highest BCUT2D eigenvalue weighted by Crippen LogP contribution is 2.39. The molecule has 0 bridgehead atoms. The third kappa shape index (κ3) is 4.59. The summed E-state index contributed by atoms with van der Waals surface area (Å²) in [5.74, 6) is 1.90. The molecule has 1 aliphatic rings. The maximum atomic E-state index is 11.8. The lowest BCUT2D eigenvalue weighted by Gasteiger charge is -2.18. The van der Waals surface area contributed by atoms with Gasteiger partial charge in [-0.25, -0.2) is 0 Å². The van der Waals surface area contributed by atoms with E-state index in [1.807, 2.05) is 6.92 Å². The third-order valence-electron chi connectivity index (χ3n) is 3.25. The first-order valence-corrected chi connectivity index (χ1v) is 7.54. The Bertz CT molecular complexity index is 429. The summed E-state index contributed by atoms with van der Waals surface area (Å²) < 4.78 is 5.65. The van der Waals surface area contributed by atoms with Crippen molar-refractivity contribution in [1.82, 2.24) is 20.4 Å². The van der Waals surface area contributed by atoms with Gasteiger partial charge < -0.3 is 9.73 Å². The predicted octanol–water partition coefficient (Wildman–Crippen LogP) is 1.69. The number of hydrogen-bond donors (Lipinski definition) is 1. The lowest BCUT2D eigenvalue weighted by Crippen LogP contribution is -2.37. The molecule has 0 spiro atoms. The number of carbonyl (C=O) groups is 1. The second-order valence-corrected chi connectivity index (χ2v) is 5.37. The molecule has 0 atom stereocenters. The Morgan fingerprint density at radius 1 is 1.35 bits per heavy atom. The molecule has 6 heteroatoms. The third-order valence-corrected chi connectivity index (χ3v) is 3.25. The zero-order chi connectivity index (χ0) is 14.4. The van der Waals surface area contributed by atoms with Gasteiger partial charge in [0.25, 0.3) is 0 Å². The van der Waals surface area contributed by atoms with E-state index in [1.54, 1.807) is 0 Å². The first-order valence-electron chi connectivity index (χ1n) is 7.54. The standard InChI is InChI=1S/C14H24N4O2/c1-3-7-15-12(19)9-18(8-4-2)10-13-16-17-14(20-13)11-5-6-11/h11H,3-10H2,1-2H3,(H,15,19). The van der Waals surface area contributed by atoms with Gasteiger partial charge >= 0.3 is 0 Å². The van der Waals surface area contributed by atoms with Gasteiger partial charge in [-0.2, -0.15) is 0 Å². The fraction of sp³-hybridized carbons (Fsp3) is 0.786. The Morgan fingerprint density at radius 2 is 2.15 bits per heavy atom.